The Bertz CT molecular complexity index is 427. The summed E-state index contributed by atoms with van der Waals surface area (Å²) in [5, 5.41) is 8.38. The molecule has 1 aliphatic carbocycles. The molecule has 3 nitrogen and oxygen atoms in total. The SMILES string of the molecule is CNC(Cc1ccn(C(C)C)n1)C1(CC(C)C)CCCC1. The Morgan fingerprint density at radius 2 is 1.90 bits per heavy atom. The largest absolute Gasteiger partial charge is 0.316 e. The predicted molar refractivity (Wildman–Crippen MR) is 89.5 cm³/mol. The Morgan fingerprint density at radius 1 is 1.24 bits per heavy atom. The van der Waals surface area contributed by atoms with Gasteiger partial charge in [0.05, 0.1) is 5.69 Å². The quantitative estimate of drug-likeness (QED) is 0.816. The number of nitrogens with one attached hydrogen (secondary N) is 1. The standard InChI is InChI=1S/C18H33N3/c1-14(2)13-18(9-6-7-10-18)17(19-5)12-16-8-11-21(20-16)15(3)4/h8,11,14-15,17,19H,6-7,9-10,12-13H2,1-5H3. The summed E-state index contributed by atoms with van der Waals surface area (Å²) in [6.07, 6.45) is 10.1. The van der Waals surface area contributed by atoms with Gasteiger partial charge in [0.2, 0.25) is 0 Å². The zero-order valence-electron chi connectivity index (χ0n) is 14.5. The van der Waals surface area contributed by atoms with Gasteiger partial charge in [0.25, 0.3) is 0 Å². The molecule has 1 aliphatic rings. The van der Waals surface area contributed by atoms with E-state index in [9.17, 15) is 0 Å². The molecule has 1 N–H and O–H groups in total. The second-order valence-electron chi connectivity index (χ2n) is 7.59. The first-order chi connectivity index (χ1) is 9.97. The number of rotatable bonds is 7. The Balaban J connectivity index is 2.12. The van der Waals surface area contributed by atoms with E-state index < -0.39 is 0 Å². The first kappa shape index (κ1) is 16.5. The summed E-state index contributed by atoms with van der Waals surface area (Å²) in [5.41, 5.74) is 1.71. The number of nitrogens with zero attached hydrogens (tertiary/aromatic N) is 2. The Kier molecular flexibility index (Phi) is 5.48. The van der Waals surface area contributed by atoms with E-state index in [0.717, 1.165) is 12.3 Å². The molecule has 0 bridgehead atoms. The molecule has 120 valence electrons. The minimum absolute atomic E-state index is 0.447. The van der Waals surface area contributed by atoms with Gasteiger partial charge < -0.3 is 5.32 Å². The number of aromatic nitrogens is 2. The lowest BCUT2D eigenvalue weighted by atomic mass is 9.71. The normalized spacial score (nSPS) is 19.6. The van der Waals surface area contributed by atoms with Crippen molar-refractivity contribution in [2.75, 3.05) is 7.05 Å². The molecule has 1 saturated carbocycles. The highest BCUT2D eigenvalue weighted by atomic mass is 15.3. The molecule has 1 heterocycles. The molecule has 2 rings (SSSR count). The highest BCUT2D eigenvalue weighted by molar-refractivity contribution is 5.06. The topological polar surface area (TPSA) is 29.9 Å². The fourth-order valence-electron chi connectivity index (χ4n) is 4.19. The third-order valence-electron chi connectivity index (χ3n) is 5.11. The summed E-state index contributed by atoms with van der Waals surface area (Å²) in [5.74, 6) is 0.771. The second-order valence-corrected chi connectivity index (χ2v) is 7.59. The smallest absolute Gasteiger partial charge is 0.0640 e. The van der Waals surface area contributed by atoms with Gasteiger partial charge in [-0.15, -0.1) is 0 Å². The monoisotopic (exact) mass is 291 g/mol. The van der Waals surface area contributed by atoms with Gasteiger partial charge >= 0.3 is 0 Å². The van der Waals surface area contributed by atoms with Crippen molar-refractivity contribution in [1.82, 2.24) is 15.1 Å². The van der Waals surface area contributed by atoms with Gasteiger partial charge in [-0.3, -0.25) is 4.68 Å². The maximum Gasteiger partial charge on any atom is 0.0640 e. The Labute approximate surface area is 130 Å². The first-order valence-corrected chi connectivity index (χ1v) is 8.68. The van der Waals surface area contributed by atoms with Gasteiger partial charge in [0, 0.05) is 24.7 Å². The van der Waals surface area contributed by atoms with Crippen molar-refractivity contribution < 1.29 is 0 Å². The second kappa shape index (κ2) is 6.95. The molecule has 0 amide bonds. The van der Waals surface area contributed by atoms with E-state index in [2.05, 4.69) is 57.0 Å². The van der Waals surface area contributed by atoms with Crippen LogP contribution in [0.4, 0.5) is 0 Å². The minimum atomic E-state index is 0.447. The van der Waals surface area contributed by atoms with Crippen molar-refractivity contribution in [2.45, 2.75) is 78.3 Å². The summed E-state index contributed by atoms with van der Waals surface area (Å²) >= 11 is 0. The molecule has 0 radical (unpaired) electrons. The Morgan fingerprint density at radius 3 is 2.38 bits per heavy atom. The molecule has 0 saturated heterocycles. The van der Waals surface area contributed by atoms with Crippen LogP contribution in [-0.4, -0.2) is 22.9 Å². The zero-order valence-corrected chi connectivity index (χ0v) is 14.5. The molecule has 21 heavy (non-hydrogen) atoms. The molecule has 0 spiro atoms. The summed E-state index contributed by atoms with van der Waals surface area (Å²) < 4.78 is 2.08. The van der Waals surface area contributed by atoms with E-state index in [1.54, 1.807) is 0 Å². The number of hydrogen-bond acceptors (Lipinski definition) is 2. The van der Waals surface area contributed by atoms with E-state index in [1.807, 2.05) is 0 Å². The minimum Gasteiger partial charge on any atom is -0.316 e. The molecule has 3 heteroatoms. The highest BCUT2D eigenvalue weighted by Crippen LogP contribution is 2.46. The fraction of sp³-hybridized carbons (Fsp3) is 0.833. The van der Waals surface area contributed by atoms with Crippen LogP contribution in [0.3, 0.4) is 0 Å². The third-order valence-corrected chi connectivity index (χ3v) is 5.11. The maximum atomic E-state index is 4.76. The lowest BCUT2D eigenvalue weighted by Gasteiger charge is -2.39. The van der Waals surface area contributed by atoms with Crippen molar-refractivity contribution >= 4 is 0 Å². The Hall–Kier alpha value is -0.830. The molecule has 1 fully saturated rings. The average molecular weight is 291 g/mol. The maximum absolute atomic E-state index is 4.76. The third kappa shape index (κ3) is 3.88. The molecule has 1 aromatic rings. The van der Waals surface area contributed by atoms with Crippen LogP contribution in [0.2, 0.25) is 0 Å². The average Bonchev–Trinajstić information content (AvgIpc) is 3.04. The van der Waals surface area contributed by atoms with Crippen molar-refractivity contribution in [3.05, 3.63) is 18.0 Å². The van der Waals surface area contributed by atoms with Gasteiger partial charge in [0.1, 0.15) is 0 Å². The van der Waals surface area contributed by atoms with E-state index >= 15 is 0 Å². The van der Waals surface area contributed by atoms with Crippen LogP contribution in [0.15, 0.2) is 12.3 Å². The van der Waals surface area contributed by atoms with Gasteiger partial charge in [-0.2, -0.15) is 5.10 Å². The first-order valence-electron chi connectivity index (χ1n) is 8.68. The van der Waals surface area contributed by atoms with E-state index in [0.29, 0.717) is 17.5 Å². The molecular weight excluding hydrogens is 258 g/mol. The van der Waals surface area contributed by atoms with Gasteiger partial charge in [-0.1, -0.05) is 26.7 Å². The van der Waals surface area contributed by atoms with E-state index in [1.165, 1.54) is 37.8 Å². The predicted octanol–water partition coefficient (Wildman–Crippen LogP) is 4.20. The van der Waals surface area contributed by atoms with Crippen LogP contribution in [-0.2, 0) is 6.42 Å². The summed E-state index contributed by atoms with van der Waals surface area (Å²) in [6, 6.07) is 3.20. The molecule has 0 aromatic carbocycles. The van der Waals surface area contributed by atoms with Crippen LogP contribution in [0.25, 0.3) is 0 Å². The van der Waals surface area contributed by atoms with E-state index in [4.69, 9.17) is 5.10 Å². The molecule has 0 aliphatic heterocycles. The van der Waals surface area contributed by atoms with Gasteiger partial charge in [0.15, 0.2) is 0 Å². The van der Waals surface area contributed by atoms with Crippen molar-refractivity contribution in [3.8, 4) is 0 Å². The fourth-order valence-corrected chi connectivity index (χ4v) is 4.19. The van der Waals surface area contributed by atoms with Gasteiger partial charge in [-0.25, -0.2) is 0 Å². The summed E-state index contributed by atoms with van der Waals surface area (Å²) in [4.78, 5) is 0. The van der Waals surface area contributed by atoms with Crippen LogP contribution >= 0.6 is 0 Å². The lowest BCUT2D eigenvalue weighted by Crippen LogP contribution is -2.44. The van der Waals surface area contributed by atoms with Crippen molar-refractivity contribution in [3.63, 3.8) is 0 Å². The van der Waals surface area contributed by atoms with Crippen molar-refractivity contribution in [1.29, 1.82) is 0 Å². The molecular formula is C18H33N3. The summed E-state index contributed by atoms with van der Waals surface area (Å²) in [7, 11) is 2.13. The number of likely N-dealkylation sites (N-methyl/N-ethyl adjacent to an activating group) is 1. The zero-order chi connectivity index (χ0) is 15.5. The molecule has 1 atom stereocenters. The summed E-state index contributed by atoms with van der Waals surface area (Å²) in [6.45, 7) is 9.09. The lowest BCUT2D eigenvalue weighted by molar-refractivity contribution is 0.159. The van der Waals surface area contributed by atoms with Crippen LogP contribution in [0.5, 0.6) is 0 Å². The van der Waals surface area contributed by atoms with Crippen LogP contribution in [0, 0.1) is 11.3 Å². The van der Waals surface area contributed by atoms with Crippen LogP contribution in [0.1, 0.15) is 71.5 Å². The number of hydrogen-bond donors (Lipinski definition) is 1. The molecule has 1 aromatic heterocycles. The van der Waals surface area contributed by atoms with Crippen molar-refractivity contribution in [2.24, 2.45) is 11.3 Å². The van der Waals surface area contributed by atoms with Crippen LogP contribution < -0.4 is 5.32 Å². The van der Waals surface area contributed by atoms with E-state index in [-0.39, 0.29) is 0 Å². The van der Waals surface area contributed by atoms with Gasteiger partial charge in [-0.05, 0) is 57.6 Å². The highest BCUT2D eigenvalue weighted by Gasteiger charge is 2.41. The molecule has 1 unspecified atom stereocenters.